The van der Waals surface area contributed by atoms with Crippen molar-refractivity contribution in [1.82, 2.24) is 0 Å². The lowest BCUT2D eigenvalue weighted by Gasteiger charge is -2.04. The molecule has 0 aliphatic rings. The van der Waals surface area contributed by atoms with Gasteiger partial charge in [0, 0.05) is 16.1 Å². The highest BCUT2D eigenvalue weighted by Crippen LogP contribution is 2.23. The molecule has 0 bridgehead atoms. The van der Waals surface area contributed by atoms with Crippen LogP contribution < -0.4 is 5.73 Å². The Kier molecular flexibility index (Phi) is 2.79. The predicted molar refractivity (Wildman–Crippen MR) is 68.1 cm³/mol. The van der Waals surface area contributed by atoms with E-state index < -0.39 is 0 Å². The van der Waals surface area contributed by atoms with Crippen LogP contribution in [-0.4, -0.2) is 5.78 Å². The van der Waals surface area contributed by atoms with E-state index in [2.05, 4.69) is 0 Å². The monoisotopic (exact) mass is 231 g/mol. The van der Waals surface area contributed by atoms with Gasteiger partial charge in [0.05, 0.1) is 4.88 Å². The first-order chi connectivity index (χ1) is 7.58. The molecular formula is C13H13NOS. The van der Waals surface area contributed by atoms with Gasteiger partial charge >= 0.3 is 0 Å². The zero-order chi connectivity index (χ0) is 11.7. The summed E-state index contributed by atoms with van der Waals surface area (Å²) < 4.78 is 0. The minimum atomic E-state index is 0.0132. The van der Waals surface area contributed by atoms with Gasteiger partial charge in [0.1, 0.15) is 0 Å². The fourth-order valence-electron chi connectivity index (χ4n) is 1.56. The lowest BCUT2D eigenvalue weighted by Crippen LogP contribution is -2.03. The number of rotatable bonds is 2. The lowest BCUT2D eigenvalue weighted by atomic mass is 10.0. The van der Waals surface area contributed by atoms with Gasteiger partial charge in [-0.25, -0.2) is 0 Å². The van der Waals surface area contributed by atoms with E-state index in [1.165, 1.54) is 11.3 Å². The predicted octanol–water partition coefficient (Wildman–Crippen LogP) is 3.18. The second-order valence-corrected chi connectivity index (χ2v) is 5.12. The smallest absolute Gasteiger partial charge is 0.205 e. The van der Waals surface area contributed by atoms with E-state index in [1.54, 1.807) is 6.07 Å². The fraction of sp³-hybridized carbons (Fsp3) is 0.154. The van der Waals surface area contributed by atoms with Gasteiger partial charge in [-0.1, -0.05) is 11.6 Å². The Morgan fingerprint density at radius 2 is 1.94 bits per heavy atom. The maximum Gasteiger partial charge on any atom is 0.205 e. The van der Waals surface area contributed by atoms with Crippen molar-refractivity contribution < 1.29 is 4.79 Å². The Morgan fingerprint density at radius 1 is 1.19 bits per heavy atom. The van der Waals surface area contributed by atoms with Crippen LogP contribution in [0, 0.1) is 13.8 Å². The normalized spacial score (nSPS) is 10.4. The number of hydrogen-bond acceptors (Lipinski definition) is 3. The van der Waals surface area contributed by atoms with Crippen LogP contribution in [0.4, 0.5) is 5.69 Å². The number of aryl methyl sites for hydroxylation is 2. The standard InChI is InChI=1S/C13H13NOS/c1-8-3-5-11(14)10(7-8)13(15)12-6-4-9(2)16-12/h3-7H,14H2,1-2H3. The third kappa shape index (κ3) is 1.99. The van der Waals surface area contributed by atoms with E-state index in [4.69, 9.17) is 5.73 Å². The van der Waals surface area contributed by atoms with Crippen LogP contribution in [0.1, 0.15) is 25.7 Å². The van der Waals surface area contributed by atoms with E-state index >= 15 is 0 Å². The summed E-state index contributed by atoms with van der Waals surface area (Å²) in [7, 11) is 0. The summed E-state index contributed by atoms with van der Waals surface area (Å²) in [5.74, 6) is 0.0132. The summed E-state index contributed by atoms with van der Waals surface area (Å²) >= 11 is 1.50. The molecule has 0 saturated carbocycles. The van der Waals surface area contributed by atoms with Crippen LogP contribution in [0.15, 0.2) is 30.3 Å². The van der Waals surface area contributed by atoms with Crippen LogP contribution in [0.2, 0.25) is 0 Å². The lowest BCUT2D eigenvalue weighted by molar-refractivity contribution is 0.104. The number of anilines is 1. The molecule has 0 fully saturated rings. The Hall–Kier alpha value is -1.61. The molecule has 0 spiro atoms. The molecule has 0 radical (unpaired) electrons. The van der Waals surface area contributed by atoms with Crippen LogP contribution in [-0.2, 0) is 0 Å². The molecule has 0 unspecified atom stereocenters. The zero-order valence-electron chi connectivity index (χ0n) is 9.28. The Morgan fingerprint density at radius 3 is 2.56 bits per heavy atom. The second-order valence-electron chi connectivity index (χ2n) is 3.83. The van der Waals surface area contributed by atoms with Crippen molar-refractivity contribution in [3.05, 3.63) is 51.2 Å². The molecule has 0 aliphatic carbocycles. The summed E-state index contributed by atoms with van der Waals surface area (Å²) in [4.78, 5) is 14.0. The summed E-state index contributed by atoms with van der Waals surface area (Å²) in [6.07, 6.45) is 0. The molecule has 1 heterocycles. The van der Waals surface area contributed by atoms with Gasteiger partial charge in [0.15, 0.2) is 0 Å². The van der Waals surface area contributed by atoms with Gasteiger partial charge in [-0.3, -0.25) is 4.79 Å². The van der Waals surface area contributed by atoms with E-state index in [1.807, 2.05) is 38.1 Å². The van der Waals surface area contributed by atoms with Crippen molar-refractivity contribution >= 4 is 22.8 Å². The highest BCUT2D eigenvalue weighted by Gasteiger charge is 2.13. The molecule has 2 nitrogen and oxygen atoms in total. The minimum Gasteiger partial charge on any atom is -0.398 e. The third-order valence-corrected chi connectivity index (χ3v) is 3.42. The number of ketones is 1. The van der Waals surface area contributed by atoms with Crippen molar-refractivity contribution in [2.24, 2.45) is 0 Å². The van der Waals surface area contributed by atoms with E-state index in [-0.39, 0.29) is 5.78 Å². The number of benzene rings is 1. The first-order valence-electron chi connectivity index (χ1n) is 5.05. The van der Waals surface area contributed by atoms with Gasteiger partial charge < -0.3 is 5.73 Å². The van der Waals surface area contributed by atoms with Gasteiger partial charge in [-0.15, -0.1) is 11.3 Å². The number of carbonyl (C=O) groups excluding carboxylic acids is 1. The molecule has 0 amide bonds. The van der Waals surface area contributed by atoms with Crippen molar-refractivity contribution in [2.45, 2.75) is 13.8 Å². The SMILES string of the molecule is Cc1ccc(N)c(C(=O)c2ccc(C)s2)c1. The summed E-state index contributed by atoms with van der Waals surface area (Å²) in [5, 5.41) is 0. The topological polar surface area (TPSA) is 43.1 Å². The number of hydrogen-bond donors (Lipinski definition) is 1. The number of carbonyl (C=O) groups is 1. The Bertz CT molecular complexity index is 543. The van der Waals surface area contributed by atoms with Crippen LogP contribution in [0.25, 0.3) is 0 Å². The minimum absolute atomic E-state index is 0.0132. The van der Waals surface area contributed by atoms with Gasteiger partial charge in [-0.2, -0.15) is 0 Å². The fourth-order valence-corrected chi connectivity index (χ4v) is 2.38. The van der Waals surface area contributed by atoms with Crippen molar-refractivity contribution in [3.63, 3.8) is 0 Å². The summed E-state index contributed by atoms with van der Waals surface area (Å²) in [5.41, 5.74) is 8.01. The first kappa shape index (κ1) is 10.9. The van der Waals surface area contributed by atoms with E-state index in [0.717, 1.165) is 15.3 Å². The first-order valence-corrected chi connectivity index (χ1v) is 5.87. The summed E-state index contributed by atoms with van der Waals surface area (Å²) in [6, 6.07) is 9.33. The second kappa shape index (κ2) is 4.10. The molecule has 2 rings (SSSR count). The van der Waals surface area contributed by atoms with Crippen LogP contribution in [0.5, 0.6) is 0 Å². The van der Waals surface area contributed by atoms with Gasteiger partial charge in [0.2, 0.25) is 5.78 Å². The number of thiophene rings is 1. The third-order valence-electron chi connectivity index (χ3n) is 2.42. The maximum absolute atomic E-state index is 12.2. The van der Waals surface area contributed by atoms with E-state index in [0.29, 0.717) is 11.3 Å². The molecule has 82 valence electrons. The van der Waals surface area contributed by atoms with E-state index in [9.17, 15) is 4.79 Å². The molecule has 2 aromatic rings. The number of nitrogens with two attached hydrogens (primary N) is 1. The van der Waals surface area contributed by atoms with Crippen molar-refractivity contribution in [2.75, 3.05) is 5.73 Å². The Balaban J connectivity index is 2.45. The molecule has 3 heteroatoms. The molecule has 1 aromatic heterocycles. The van der Waals surface area contributed by atoms with Gasteiger partial charge in [0.25, 0.3) is 0 Å². The zero-order valence-corrected chi connectivity index (χ0v) is 10.1. The molecule has 0 saturated heterocycles. The summed E-state index contributed by atoms with van der Waals surface area (Å²) in [6.45, 7) is 3.94. The van der Waals surface area contributed by atoms with Crippen LogP contribution >= 0.6 is 11.3 Å². The average Bonchev–Trinajstić information content (AvgIpc) is 2.67. The highest BCUT2D eigenvalue weighted by molar-refractivity contribution is 7.14. The van der Waals surface area contributed by atoms with Gasteiger partial charge in [-0.05, 0) is 38.1 Å². The van der Waals surface area contributed by atoms with Crippen molar-refractivity contribution in [1.29, 1.82) is 0 Å². The van der Waals surface area contributed by atoms with Crippen molar-refractivity contribution in [3.8, 4) is 0 Å². The highest BCUT2D eigenvalue weighted by atomic mass is 32.1. The molecule has 0 aliphatic heterocycles. The maximum atomic E-state index is 12.2. The molecular weight excluding hydrogens is 218 g/mol. The quantitative estimate of drug-likeness (QED) is 0.637. The number of nitrogen functional groups attached to an aromatic ring is 1. The molecule has 2 N–H and O–H groups in total. The molecule has 16 heavy (non-hydrogen) atoms. The molecule has 1 aromatic carbocycles. The largest absolute Gasteiger partial charge is 0.398 e. The average molecular weight is 231 g/mol. The Labute approximate surface area is 98.7 Å². The van der Waals surface area contributed by atoms with Crippen LogP contribution in [0.3, 0.4) is 0 Å². The molecule has 0 atom stereocenters.